The predicted octanol–water partition coefficient (Wildman–Crippen LogP) is 1.36. The minimum absolute atomic E-state index is 0.0104. The summed E-state index contributed by atoms with van der Waals surface area (Å²) >= 11 is 0. The summed E-state index contributed by atoms with van der Waals surface area (Å²) in [7, 11) is 7.32. The summed E-state index contributed by atoms with van der Waals surface area (Å²) in [6.07, 6.45) is -0.127. The third-order valence-corrected chi connectivity index (χ3v) is 6.73. The second kappa shape index (κ2) is 10.9. The summed E-state index contributed by atoms with van der Waals surface area (Å²) in [5.41, 5.74) is 1.32. The van der Waals surface area contributed by atoms with Crippen LogP contribution >= 0.6 is 0 Å². The normalized spacial score (nSPS) is 18.8. The van der Waals surface area contributed by atoms with Crippen LogP contribution in [0.3, 0.4) is 0 Å². The van der Waals surface area contributed by atoms with Crippen molar-refractivity contribution in [1.82, 2.24) is 20.0 Å². The van der Waals surface area contributed by atoms with Crippen molar-refractivity contribution in [3.63, 3.8) is 0 Å². The van der Waals surface area contributed by atoms with Gasteiger partial charge in [0.1, 0.15) is 11.2 Å². The van der Waals surface area contributed by atoms with E-state index in [-0.39, 0.29) is 18.9 Å². The average molecular weight is 518 g/mol. The van der Waals surface area contributed by atoms with Gasteiger partial charge < -0.3 is 24.6 Å². The second-order valence-corrected chi connectivity index (χ2v) is 9.80. The van der Waals surface area contributed by atoms with Gasteiger partial charge >= 0.3 is 0 Å². The van der Waals surface area contributed by atoms with Crippen LogP contribution in [0.5, 0.6) is 5.75 Å². The zero-order valence-electron chi connectivity index (χ0n) is 21.9. The van der Waals surface area contributed by atoms with Crippen molar-refractivity contribution in [1.29, 1.82) is 0 Å². The molecular weight excluding hydrogens is 486 g/mol. The third-order valence-electron chi connectivity index (χ3n) is 6.73. The Bertz CT molecular complexity index is 1340. The maximum absolute atomic E-state index is 13.1. The van der Waals surface area contributed by atoms with Crippen molar-refractivity contribution >= 4 is 23.6 Å². The fourth-order valence-electron chi connectivity index (χ4n) is 4.54. The van der Waals surface area contributed by atoms with E-state index in [0.29, 0.717) is 41.4 Å². The van der Waals surface area contributed by atoms with Crippen molar-refractivity contribution in [2.24, 2.45) is 10.6 Å². The van der Waals surface area contributed by atoms with Gasteiger partial charge in [-0.15, -0.1) is 0 Å². The topological polar surface area (TPSA) is 115 Å². The van der Waals surface area contributed by atoms with Crippen molar-refractivity contribution in [3.05, 3.63) is 64.7 Å². The summed E-state index contributed by atoms with van der Waals surface area (Å²) in [6, 6.07) is 12.4. The fraction of sp³-hybridized carbons (Fsp3) is 0.357. The number of amidine groups is 1. The Kier molecular flexibility index (Phi) is 7.69. The fourth-order valence-corrected chi connectivity index (χ4v) is 4.54. The predicted molar refractivity (Wildman–Crippen MR) is 141 cm³/mol. The lowest BCUT2D eigenvalue weighted by Gasteiger charge is -2.25. The quantitative estimate of drug-likeness (QED) is 0.142. The second-order valence-electron chi connectivity index (χ2n) is 9.80. The van der Waals surface area contributed by atoms with E-state index < -0.39 is 17.2 Å². The summed E-state index contributed by atoms with van der Waals surface area (Å²) in [6.45, 7) is 1.78. The Hall–Kier alpha value is -4.36. The van der Waals surface area contributed by atoms with Gasteiger partial charge in [0.15, 0.2) is 5.84 Å². The van der Waals surface area contributed by atoms with E-state index in [0.717, 1.165) is 12.1 Å². The molecule has 1 atom stereocenters. The molecule has 0 spiro atoms. The van der Waals surface area contributed by atoms with Gasteiger partial charge in [0.25, 0.3) is 5.91 Å². The highest BCUT2D eigenvalue weighted by atomic mass is 16.5. The first-order valence-corrected chi connectivity index (χ1v) is 12.2. The molecule has 1 saturated heterocycles. The summed E-state index contributed by atoms with van der Waals surface area (Å²) in [4.78, 5) is 43.6. The summed E-state index contributed by atoms with van der Waals surface area (Å²) in [5.74, 6) is 5.86. The molecule has 2 aromatic carbocycles. The molecule has 4 rings (SSSR count). The van der Waals surface area contributed by atoms with E-state index in [4.69, 9.17) is 4.74 Å². The van der Waals surface area contributed by atoms with E-state index in [1.54, 1.807) is 41.3 Å². The van der Waals surface area contributed by atoms with Gasteiger partial charge in [-0.25, -0.2) is 0 Å². The Labute approximate surface area is 221 Å². The SMILES string of the molecule is COc1ccc2c(c1)C(=O)N(C[C@@]1(C#Cc3ccc(C(=NO)N(C)CCN(C)C)cc3)CC(=O)NC1=O)C2. The van der Waals surface area contributed by atoms with Gasteiger partial charge in [0, 0.05) is 49.9 Å². The Morgan fingerprint density at radius 1 is 1.13 bits per heavy atom. The molecule has 2 aliphatic rings. The number of carbonyl (C=O) groups is 3. The third kappa shape index (κ3) is 5.48. The molecule has 2 heterocycles. The van der Waals surface area contributed by atoms with Crippen molar-refractivity contribution < 1.29 is 24.3 Å². The molecule has 0 bridgehead atoms. The van der Waals surface area contributed by atoms with Crippen LogP contribution in [0.15, 0.2) is 47.6 Å². The number of ether oxygens (including phenoxy) is 1. The Morgan fingerprint density at radius 2 is 1.87 bits per heavy atom. The van der Waals surface area contributed by atoms with E-state index >= 15 is 0 Å². The Morgan fingerprint density at radius 3 is 2.47 bits per heavy atom. The van der Waals surface area contributed by atoms with Crippen molar-refractivity contribution in [2.45, 2.75) is 13.0 Å². The smallest absolute Gasteiger partial charge is 0.254 e. The van der Waals surface area contributed by atoms with Gasteiger partial charge in [0.2, 0.25) is 11.8 Å². The molecule has 2 aliphatic heterocycles. The molecule has 0 aromatic heterocycles. The van der Waals surface area contributed by atoms with Crippen LogP contribution in [-0.2, 0) is 16.1 Å². The number of methoxy groups -OCH3 is 1. The highest BCUT2D eigenvalue weighted by Crippen LogP contribution is 2.33. The van der Waals surface area contributed by atoms with E-state index in [1.165, 1.54) is 7.11 Å². The minimum atomic E-state index is -1.36. The summed E-state index contributed by atoms with van der Waals surface area (Å²) < 4.78 is 5.23. The highest BCUT2D eigenvalue weighted by molar-refractivity contribution is 6.08. The molecular formula is C28H31N5O5. The first kappa shape index (κ1) is 26.7. The van der Waals surface area contributed by atoms with Crippen LogP contribution in [0.25, 0.3) is 0 Å². The number of likely N-dealkylation sites (N-methyl/N-ethyl adjacent to an activating group) is 2. The Balaban J connectivity index is 1.55. The molecule has 0 unspecified atom stereocenters. The molecule has 2 aromatic rings. The van der Waals surface area contributed by atoms with Gasteiger partial charge in [-0.05, 0) is 56.1 Å². The zero-order valence-corrected chi connectivity index (χ0v) is 21.9. The van der Waals surface area contributed by atoms with E-state index in [9.17, 15) is 19.6 Å². The molecule has 198 valence electrons. The van der Waals surface area contributed by atoms with Crippen LogP contribution in [0.1, 0.15) is 33.5 Å². The number of nitrogens with one attached hydrogen (secondary N) is 1. The van der Waals surface area contributed by atoms with Gasteiger partial charge in [-0.1, -0.05) is 23.1 Å². The molecule has 10 heteroatoms. The van der Waals surface area contributed by atoms with Crippen LogP contribution in [0.2, 0.25) is 0 Å². The van der Waals surface area contributed by atoms with E-state index in [1.807, 2.05) is 37.0 Å². The first-order valence-electron chi connectivity index (χ1n) is 12.2. The maximum atomic E-state index is 13.1. The molecule has 0 radical (unpaired) electrons. The van der Waals surface area contributed by atoms with Gasteiger partial charge in [-0.3, -0.25) is 19.7 Å². The lowest BCUT2D eigenvalue weighted by atomic mass is 9.85. The number of carbonyl (C=O) groups excluding carboxylic acids is 3. The zero-order chi connectivity index (χ0) is 27.4. The molecule has 1 fully saturated rings. The average Bonchev–Trinajstić information content (AvgIpc) is 3.36. The van der Waals surface area contributed by atoms with Crippen LogP contribution in [-0.4, -0.2) is 91.4 Å². The standard InChI is InChI=1S/C28H31N5O5/c1-31(2)13-14-32(3)25(30-37)20-7-5-19(6-8-20)11-12-28(16-24(34)29-27(28)36)18-33-17-21-9-10-22(38-4)15-23(21)26(33)35/h5-10,15,37H,13-14,16-18H2,1-4H3,(H,29,34,36)/t28-/m1/s1. The number of fused-ring (bicyclic) bond motifs is 1. The van der Waals surface area contributed by atoms with Crippen molar-refractivity contribution in [2.75, 3.05) is 47.9 Å². The highest BCUT2D eigenvalue weighted by Gasteiger charge is 2.48. The number of hydrogen-bond acceptors (Lipinski definition) is 7. The minimum Gasteiger partial charge on any atom is -0.497 e. The number of amides is 3. The number of hydrogen-bond donors (Lipinski definition) is 2. The molecule has 38 heavy (non-hydrogen) atoms. The molecule has 3 amide bonds. The first-order chi connectivity index (χ1) is 18.2. The van der Waals surface area contributed by atoms with Crippen LogP contribution < -0.4 is 10.1 Å². The monoisotopic (exact) mass is 517 g/mol. The lowest BCUT2D eigenvalue weighted by molar-refractivity contribution is -0.127. The summed E-state index contributed by atoms with van der Waals surface area (Å²) in [5, 5.41) is 15.4. The molecule has 2 N–H and O–H groups in total. The number of oxime groups is 1. The number of benzene rings is 2. The van der Waals surface area contributed by atoms with Crippen LogP contribution in [0.4, 0.5) is 0 Å². The molecule has 0 aliphatic carbocycles. The van der Waals surface area contributed by atoms with Gasteiger partial charge in [0.05, 0.1) is 13.5 Å². The van der Waals surface area contributed by atoms with Crippen molar-refractivity contribution in [3.8, 4) is 17.6 Å². The molecule has 0 saturated carbocycles. The largest absolute Gasteiger partial charge is 0.497 e. The number of nitrogens with zero attached hydrogens (tertiary/aromatic N) is 4. The number of rotatable bonds is 7. The molecule has 10 nitrogen and oxygen atoms in total. The van der Waals surface area contributed by atoms with Crippen LogP contribution in [0, 0.1) is 17.3 Å². The maximum Gasteiger partial charge on any atom is 0.254 e. The van der Waals surface area contributed by atoms with Gasteiger partial charge in [-0.2, -0.15) is 0 Å². The number of imide groups is 1. The van der Waals surface area contributed by atoms with E-state index in [2.05, 4.69) is 22.3 Å². The lowest BCUT2D eigenvalue weighted by Crippen LogP contribution is -2.42.